The van der Waals surface area contributed by atoms with E-state index in [0.717, 1.165) is 11.1 Å². The Hall–Kier alpha value is -3.66. The van der Waals surface area contributed by atoms with Gasteiger partial charge in [0.2, 0.25) is 0 Å². The number of rotatable bonds is 5. The molecule has 0 aliphatic heterocycles. The van der Waals surface area contributed by atoms with Gasteiger partial charge in [-0.25, -0.2) is 0 Å². The van der Waals surface area contributed by atoms with Crippen molar-refractivity contribution in [3.05, 3.63) is 114 Å². The van der Waals surface area contributed by atoms with Crippen LogP contribution in [-0.2, 0) is 4.79 Å². The fourth-order valence-corrected chi connectivity index (χ4v) is 3.22. The fraction of sp³-hybridized carbons (Fsp3) is 0.0435. The van der Waals surface area contributed by atoms with Crippen LogP contribution < -0.4 is 5.32 Å². The molecule has 2 aromatic carbocycles. The Morgan fingerprint density at radius 2 is 1.30 bits per heavy atom. The highest BCUT2D eigenvalue weighted by molar-refractivity contribution is 6.44. The number of fused-ring (bicyclic) bond motifs is 1. The molecule has 2 aromatic heterocycles. The zero-order chi connectivity index (χ0) is 18.6. The molecule has 4 heteroatoms. The van der Waals surface area contributed by atoms with Crippen LogP contribution in [0, 0.1) is 0 Å². The third-order valence-corrected chi connectivity index (χ3v) is 4.56. The Balaban J connectivity index is 1.65. The molecule has 1 amide bonds. The number of carbonyl (C=O) groups is 2. The SMILES string of the molecule is O=C(NC(c1ccccc1)c1ccccc1)C(=O)c1ccn2ccccc12. The first-order valence-corrected chi connectivity index (χ1v) is 8.75. The summed E-state index contributed by atoms with van der Waals surface area (Å²) in [7, 11) is 0. The Morgan fingerprint density at radius 3 is 1.93 bits per heavy atom. The molecule has 4 rings (SSSR count). The fourth-order valence-electron chi connectivity index (χ4n) is 3.22. The molecular formula is C23H18N2O2. The highest BCUT2D eigenvalue weighted by Crippen LogP contribution is 2.22. The lowest BCUT2D eigenvalue weighted by Gasteiger charge is -2.19. The van der Waals surface area contributed by atoms with Gasteiger partial charge in [0.05, 0.1) is 17.1 Å². The number of nitrogens with one attached hydrogen (secondary N) is 1. The predicted molar refractivity (Wildman–Crippen MR) is 105 cm³/mol. The van der Waals surface area contributed by atoms with Crippen LogP contribution in [0.15, 0.2) is 97.3 Å². The van der Waals surface area contributed by atoms with E-state index in [0.29, 0.717) is 11.1 Å². The third-order valence-electron chi connectivity index (χ3n) is 4.56. The summed E-state index contributed by atoms with van der Waals surface area (Å²) in [5, 5.41) is 2.90. The van der Waals surface area contributed by atoms with Gasteiger partial charge in [0, 0.05) is 12.4 Å². The van der Waals surface area contributed by atoms with E-state index in [4.69, 9.17) is 0 Å². The molecule has 1 N–H and O–H groups in total. The van der Waals surface area contributed by atoms with Gasteiger partial charge in [0.25, 0.3) is 11.7 Å². The van der Waals surface area contributed by atoms with E-state index < -0.39 is 17.7 Å². The van der Waals surface area contributed by atoms with Crippen LogP contribution in [0.1, 0.15) is 27.5 Å². The lowest BCUT2D eigenvalue weighted by molar-refractivity contribution is -0.117. The number of aromatic nitrogens is 1. The standard InChI is InChI=1S/C23H18N2O2/c26-22(19-14-16-25-15-8-7-13-20(19)25)23(27)24-21(17-9-3-1-4-10-17)18-11-5-2-6-12-18/h1-16,21H,(H,24,27). The monoisotopic (exact) mass is 354 g/mol. The molecule has 0 saturated heterocycles. The molecule has 2 heterocycles. The topological polar surface area (TPSA) is 50.6 Å². The summed E-state index contributed by atoms with van der Waals surface area (Å²) in [5.41, 5.74) is 2.96. The van der Waals surface area contributed by atoms with E-state index in [1.54, 1.807) is 12.3 Å². The van der Waals surface area contributed by atoms with Crippen molar-refractivity contribution >= 4 is 17.2 Å². The van der Waals surface area contributed by atoms with Gasteiger partial charge in [-0.2, -0.15) is 0 Å². The number of ketones is 1. The zero-order valence-corrected chi connectivity index (χ0v) is 14.6. The van der Waals surface area contributed by atoms with Gasteiger partial charge < -0.3 is 9.72 Å². The number of benzene rings is 2. The molecular weight excluding hydrogens is 336 g/mol. The second-order valence-corrected chi connectivity index (χ2v) is 6.28. The largest absolute Gasteiger partial charge is 0.338 e. The van der Waals surface area contributed by atoms with E-state index in [9.17, 15) is 9.59 Å². The first-order valence-electron chi connectivity index (χ1n) is 8.75. The van der Waals surface area contributed by atoms with Crippen LogP contribution >= 0.6 is 0 Å². The molecule has 0 fully saturated rings. The molecule has 0 unspecified atom stereocenters. The first-order chi connectivity index (χ1) is 13.2. The summed E-state index contributed by atoms with van der Waals surface area (Å²) in [6.07, 6.45) is 3.63. The summed E-state index contributed by atoms with van der Waals surface area (Å²) in [6, 6.07) is 26.1. The molecule has 132 valence electrons. The quantitative estimate of drug-likeness (QED) is 0.435. The van der Waals surface area contributed by atoms with Crippen LogP contribution in [0.3, 0.4) is 0 Å². The molecule has 0 radical (unpaired) electrons. The van der Waals surface area contributed by atoms with Crippen LogP contribution in [0.5, 0.6) is 0 Å². The summed E-state index contributed by atoms with van der Waals surface area (Å²) in [4.78, 5) is 25.6. The number of Topliss-reactive ketones (excluding diaryl/α,β-unsaturated/α-hetero) is 1. The summed E-state index contributed by atoms with van der Waals surface area (Å²) >= 11 is 0. The Morgan fingerprint density at radius 1 is 0.704 bits per heavy atom. The minimum Gasteiger partial charge on any atom is -0.338 e. The van der Waals surface area contributed by atoms with Crippen molar-refractivity contribution in [2.24, 2.45) is 0 Å². The van der Waals surface area contributed by atoms with Crippen molar-refractivity contribution in [3.63, 3.8) is 0 Å². The summed E-state index contributed by atoms with van der Waals surface area (Å²) in [6.45, 7) is 0. The number of amides is 1. The van der Waals surface area contributed by atoms with Gasteiger partial charge in [-0.15, -0.1) is 0 Å². The van der Waals surface area contributed by atoms with Crippen LogP contribution in [-0.4, -0.2) is 16.1 Å². The number of pyridine rings is 1. The lowest BCUT2D eigenvalue weighted by atomic mass is 9.98. The minimum atomic E-state index is -0.621. The molecule has 0 spiro atoms. The molecule has 0 aliphatic rings. The lowest BCUT2D eigenvalue weighted by Crippen LogP contribution is -2.35. The normalized spacial score (nSPS) is 10.9. The van der Waals surface area contributed by atoms with Gasteiger partial charge in [0.1, 0.15) is 0 Å². The van der Waals surface area contributed by atoms with E-state index in [1.807, 2.05) is 89.5 Å². The summed E-state index contributed by atoms with van der Waals surface area (Å²) < 4.78 is 1.83. The van der Waals surface area contributed by atoms with E-state index in [-0.39, 0.29) is 0 Å². The summed E-state index contributed by atoms with van der Waals surface area (Å²) in [5.74, 6) is -1.16. The first kappa shape index (κ1) is 16.8. The third kappa shape index (κ3) is 3.37. The van der Waals surface area contributed by atoms with Crippen molar-refractivity contribution in [2.45, 2.75) is 6.04 Å². The maximum Gasteiger partial charge on any atom is 0.293 e. The smallest absolute Gasteiger partial charge is 0.293 e. The number of nitrogens with zero attached hydrogens (tertiary/aromatic N) is 1. The minimum absolute atomic E-state index is 0.391. The zero-order valence-electron chi connectivity index (χ0n) is 14.6. The molecule has 0 bridgehead atoms. The van der Waals surface area contributed by atoms with Gasteiger partial charge in [0.15, 0.2) is 0 Å². The van der Waals surface area contributed by atoms with Crippen LogP contribution in [0.2, 0.25) is 0 Å². The Bertz CT molecular complexity index is 1050. The Kier molecular flexibility index (Phi) is 4.54. The molecule has 0 atom stereocenters. The molecule has 4 nitrogen and oxygen atoms in total. The molecule has 4 aromatic rings. The average molecular weight is 354 g/mol. The average Bonchev–Trinajstić information content (AvgIpc) is 3.16. The van der Waals surface area contributed by atoms with Gasteiger partial charge in [-0.3, -0.25) is 9.59 Å². The highest BCUT2D eigenvalue weighted by atomic mass is 16.2. The Labute approximate surface area is 157 Å². The van der Waals surface area contributed by atoms with E-state index >= 15 is 0 Å². The highest BCUT2D eigenvalue weighted by Gasteiger charge is 2.24. The van der Waals surface area contributed by atoms with Gasteiger partial charge in [-0.1, -0.05) is 66.7 Å². The van der Waals surface area contributed by atoms with Crippen molar-refractivity contribution in [1.82, 2.24) is 9.72 Å². The van der Waals surface area contributed by atoms with Crippen molar-refractivity contribution in [2.75, 3.05) is 0 Å². The second kappa shape index (κ2) is 7.30. The number of carbonyl (C=O) groups excluding carboxylic acids is 2. The van der Waals surface area contributed by atoms with Crippen LogP contribution in [0.4, 0.5) is 0 Å². The number of hydrogen-bond acceptors (Lipinski definition) is 2. The molecule has 27 heavy (non-hydrogen) atoms. The number of hydrogen-bond donors (Lipinski definition) is 1. The van der Waals surface area contributed by atoms with Crippen LogP contribution in [0.25, 0.3) is 5.52 Å². The van der Waals surface area contributed by atoms with Gasteiger partial charge in [-0.05, 0) is 29.3 Å². The second-order valence-electron chi connectivity index (χ2n) is 6.28. The van der Waals surface area contributed by atoms with Crippen molar-refractivity contribution in [3.8, 4) is 0 Å². The molecule has 0 aliphatic carbocycles. The van der Waals surface area contributed by atoms with Crippen molar-refractivity contribution < 1.29 is 9.59 Å². The van der Waals surface area contributed by atoms with E-state index in [2.05, 4.69) is 5.32 Å². The maximum absolute atomic E-state index is 12.8. The van der Waals surface area contributed by atoms with Crippen molar-refractivity contribution in [1.29, 1.82) is 0 Å². The maximum atomic E-state index is 12.8. The van der Waals surface area contributed by atoms with E-state index in [1.165, 1.54) is 0 Å². The molecule has 0 saturated carbocycles. The van der Waals surface area contributed by atoms with Gasteiger partial charge >= 0.3 is 0 Å². The predicted octanol–water partition coefficient (Wildman–Crippen LogP) is 4.03.